The highest BCUT2D eigenvalue weighted by atomic mass is 33.1. The number of carbonyl (C=O) groups is 13. The lowest BCUT2D eigenvalue weighted by Crippen LogP contribution is -2.58. The van der Waals surface area contributed by atoms with Crippen molar-refractivity contribution in [2.24, 2.45) is 75.6 Å². The molecule has 1 spiro atoms. The van der Waals surface area contributed by atoms with Crippen molar-refractivity contribution in [2.75, 3.05) is 49.4 Å². The van der Waals surface area contributed by atoms with Crippen molar-refractivity contribution in [1.82, 2.24) is 41.2 Å². The molecule has 0 aliphatic carbocycles. The number of carboxylic acids is 5. The quantitative estimate of drug-likeness (QED) is 0.0144. The number of nitrogens with one attached hydrogen (secondary N) is 6. The number of carbonyl (C=O) groups excluding carboxylic acids is 8. The number of aliphatic hydroxyl groups is 1. The van der Waals surface area contributed by atoms with Crippen LogP contribution in [0, 0.1) is 59.2 Å². The number of hydrogen-bond acceptors (Lipinski definition) is 31. The Hall–Kier alpha value is -9.60. The van der Waals surface area contributed by atoms with Gasteiger partial charge in [0.25, 0.3) is 11.5 Å². The molecule has 4 amide bonds. The van der Waals surface area contributed by atoms with E-state index in [1.54, 1.807) is 21.0 Å². The van der Waals surface area contributed by atoms with Crippen LogP contribution in [0.3, 0.4) is 0 Å². The van der Waals surface area contributed by atoms with Gasteiger partial charge in [-0.3, -0.25) is 67.5 Å². The summed E-state index contributed by atoms with van der Waals surface area (Å²) in [5, 5.41) is 74.6. The summed E-state index contributed by atoms with van der Waals surface area (Å²) in [6, 6.07) is 0.377. The van der Waals surface area contributed by atoms with Crippen LogP contribution < -0.4 is 49.3 Å². The maximum Gasteiger partial charge on any atom is 0.407 e. The van der Waals surface area contributed by atoms with Crippen LogP contribution in [0.15, 0.2) is 40.2 Å². The van der Waals surface area contributed by atoms with Crippen LogP contribution >= 0.6 is 21.6 Å². The van der Waals surface area contributed by atoms with E-state index in [1.807, 2.05) is 13.8 Å². The maximum absolute atomic E-state index is 14.3. The molecule has 130 heavy (non-hydrogen) atoms. The molecule has 18 N–H and O–H groups in total. The molecule has 8 heterocycles. The summed E-state index contributed by atoms with van der Waals surface area (Å²) >= 11 is 0. The minimum absolute atomic E-state index is 0.00269. The maximum atomic E-state index is 14.3. The molecule has 43 heteroatoms. The number of anilines is 2. The lowest BCUT2D eigenvalue weighted by Gasteiger charge is -2.50. The number of ketones is 4. The number of benzene rings is 1. The van der Waals surface area contributed by atoms with E-state index in [4.69, 9.17) is 55.1 Å². The minimum atomic E-state index is -1.98. The van der Waals surface area contributed by atoms with Gasteiger partial charge in [-0.15, -0.1) is 0 Å². The number of carboxylic acid groups (broad SMARTS) is 5. The molecule has 2 aromatic heterocycles. The second-order valence-electron chi connectivity index (χ2n) is 36.3. The first-order valence-corrected chi connectivity index (χ1v) is 46.7. The minimum Gasteiger partial charge on any atom is -0.481 e. The highest BCUT2D eigenvalue weighted by molar-refractivity contribution is 8.76. The van der Waals surface area contributed by atoms with E-state index in [1.165, 1.54) is 30.5 Å². The van der Waals surface area contributed by atoms with Crippen molar-refractivity contribution < 1.29 is 131 Å². The first-order valence-electron chi connectivity index (χ1n) is 44.2. The van der Waals surface area contributed by atoms with Gasteiger partial charge in [-0.2, -0.15) is 4.98 Å². The number of nitrogens with zero attached hydrogens (tertiary/aromatic N) is 4. The van der Waals surface area contributed by atoms with E-state index >= 15 is 0 Å². The number of guanidine groups is 1. The van der Waals surface area contributed by atoms with Gasteiger partial charge in [-0.25, -0.2) is 19.6 Å². The first-order chi connectivity index (χ1) is 61.2. The normalized spacial score (nSPS) is 29.4. The summed E-state index contributed by atoms with van der Waals surface area (Å²) in [6.45, 7) is 19.6. The zero-order chi connectivity index (χ0) is 95.6. The average Bonchev–Trinajstić information content (AvgIpc) is 1.56. The van der Waals surface area contributed by atoms with Gasteiger partial charge < -0.3 is 112 Å². The van der Waals surface area contributed by atoms with Crippen molar-refractivity contribution in [3.8, 4) is 0 Å². The van der Waals surface area contributed by atoms with E-state index in [-0.39, 0.29) is 151 Å². The Balaban J connectivity index is 0.719. The van der Waals surface area contributed by atoms with E-state index in [2.05, 4.69) is 93.1 Å². The van der Waals surface area contributed by atoms with Crippen molar-refractivity contribution in [1.29, 1.82) is 0 Å². The third-order valence-electron chi connectivity index (χ3n) is 26.1. The lowest BCUT2D eigenvalue weighted by molar-refractivity contribution is -0.353. The molecule has 6 aliphatic heterocycles. The monoisotopic (exact) mass is 1870 g/mol. The number of nitrogens with two attached hydrogens (primary N) is 3. The zero-order valence-electron chi connectivity index (χ0n) is 75.2. The first kappa shape index (κ1) is 104. The lowest BCUT2D eigenvalue weighted by atomic mass is 9.78. The van der Waals surface area contributed by atoms with Crippen LogP contribution in [0.5, 0.6) is 0 Å². The number of ether oxygens (including phenoxy) is 8. The number of hydrogen-bond donors (Lipinski definition) is 15. The molecule has 1 aromatic carbocycles. The molecule has 0 bridgehead atoms. The molecule has 9 rings (SSSR count). The van der Waals surface area contributed by atoms with Crippen molar-refractivity contribution in [3.63, 3.8) is 0 Å². The van der Waals surface area contributed by atoms with E-state index in [0.29, 0.717) is 56.3 Å². The van der Waals surface area contributed by atoms with Crippen LogP contribution in [0.4, 0.5) is 16.4 Å². The molecule has 720 valence electrons. The number of amides is 4. The van der Waals surface area contributed by atoms with E-state index in [9.17, 15) is 97.8 Å². The number of aromatic nitrogens is 4. The molecule has 6 saturated heterocycles. The number of methoxy groups -OCH3 is 1. The van der Waals surface area contributed by atoms with Gasteiger partial charge in [0.05, 0.1) is 128 Å². The summed E-state index contributed by atoms with van der Waals surface area (Å²) < 4.78 is 53.7. The van der Waals surface area contributed by atoms with Crippen molar-refractivity contribution in [3.05, 3.63) is 52.1 Å². The molecule has 2 unspecified atom stereocenters. The number of H-pyrrole nitrogens is 1. The Bertz CT molecular complexity index is 4650. The fraction of sp³-hybridized carbons (Fsp3) is 0.701. The standard InChI is InChI=1S/C87H127N13O28S2/c1-42-14-20-57(123-71(42)47(6)49(8)101)34-58-35-64(121-11)48(7)87(125-58)46(5)37-85(10,128-87)66-22-23-84(9,126-66)73-44(3)28-65(124-73)72-43(2)27-45(4)86(120,127-72)41-122-83(119)92-25-26-129-130-40-53(79(115)116)31-63(104)61(36-69(109)110)98-77(113)52(33-68(107)108)30-62(103)59(13-12-24-91-81(88)89)96-76(112)51(32-67(105)106)29-56(102)19-21-60(80(117)118)97-75(111)50-15-17-54(18-16-50)93-38-55-39-94-74-70(95-55)78(114)100-82(90)99-74/h15-18,39,42-48,51-53,57-61,64-66,71-73,93,120H,12-14,19-38,40-41H2,1-11H3,(H,92,119)(H,96,112)(H,97,111)(H,98,113)(H,105,106)(H,107,108)(H,109,110)(H,115,116)(H,117,118)(H4,88,89,91)(H3,90,94,99,100,114)/t42-,43-,44-,45+,46+,47-,48+,51-,52-,53-,57+,58+,59-,60-,61-,64+,65+,66?,71?,72+,73+,84-,85+,86-,87+/m0/s1. The molecule has 3 aromatic rings. The molecule has 41 nitrogen and oxygen atoms in total. The molecule has 0 radical (unpaired) electrons. The molecular weight excluding hydrogens is 1740 g/mol. The van der Waals surface area contributed by atoms with Gasteiger partial charge in [-0.05, 0) is 127 Å². The molecular formula is C87H127N13O28S2. The van der Waals surface area contributed by atoms with Crippen molar-refractivity contribution in [2.45, 2.75) is 288 Å². The van der Waals surface area contributed by atoms with Gasteiger partial charge in [0.15, 0.2) is 34.5 Å². The SMILES string of the molecule is CO[C@@H]1C[C@@H](C[C@H]2CC[C@H](C)C([C@@H](C)C(C)=O)O2)O[C@]2(O[C@@](C)(C3CC[C@@](C)([C@@H]4O[C@@H]([C@@H]5O[C@@](O)(COC(=O)NCCSSC[C@H](CC(=O)[C@H](CC(=O)O)NC(=O)[C@H](CC(=O)O)CC(=O)[C@H](CCCN=C(N)N)NC(=O)[C@H](CC(=O)O)CC(=O)CC[C@H](NC(=O)c6ccc(NCc7cnc8nc(N)[nH]c(=O)c8n7)cc6)C(=O)O)C(=O)O)[C@H](C)C[C@@H]5C)C[C@@H]4C)O3)C[C@H]2C)[C@@H]1C. The van der Waals surface area contributed by atoms with Gasteiger partial charge in [0.1, 0.15) is 24.2 Å². The summed E-state index contributed by atoms with van der Waals surface area (Å²) in [5.74, 6) is -23.4. The van der Waals surface area contributed by atoms with E-state index < -0.39 is 211 Å². The fourth-order valence-electron chi connectivity index (χ4n) is 18.9. The second kappa shape index (κ2) is 46.2. The second-order valence-corrected chi connectivity index (χ2v) is 38.9. The molecule has 6 fully saturated rings. The van der Waals surface area contributed by atoms with Crippen LogP contribution in [0.25, 0.3) is 11.2 Å². The largest absolute Gasteiger partial charge is 0.481 e. The highest BCUT2D eigenvalue weighted by Gasteiger charge is 2.65. The van der Waals surface area contributed by atoms with Gasteiger partial charge >= 0.3 is 35.9 Å². The number of rotatable bonds is 48. The predicted molar refractivity (Wildman–Crippen MR) is 471 cm³/mol. The van der Waals surface area contributed by atoms with Crippen LogP contribution in [-0.4, -0.2) is 261 Å². The van der Waals surface area contributed by atoms with Crippen molar-refractivity contribution >= 4 is 127 Å². The Morgan fingerprint density at radius 1 is 0.708 bits per heavy atom. The Labute approximate surface area is 760 Å². The summed E-state index contributed by atoms with van der Waals surface area (Å²) in [7, 11) is 3.82. The third kappa shape index (κ3) is 27.8. The third-order valence-corrected chi connectivity index (χ3v) is 28.6. The van der Waals surface area contributed by atoms with Crippen LogP contribution in [0.1, 0.15) is 207 Å². The molecule has 6 aliphatic rings. The zero-order valence-corrected chi connectivity index (χ0v) is 76.8. The van der Waals surface area contributed by atoms with Gasteiger partial charge in [0, 0.05) is 105 Å². The fourth-order valence-corrected chi connectivity index (χ4v) is 21.1. The number of aliphatic carboxylic acids is 5. The van der Waals surface area contributed by atoms with Gasteiger partial charge in [0.2, 0.25) is 23.5 Å². The number of fused-ring (bicyclic) bond motifs is 1. The topological polar surface area (TPSA) is 639 Å². The predicted octanol–water partition coefficient (Wildman–Crippen LogP) is 5.47. The van der Waals surface area contributed by atoms with E-state index in [0.717, 1.165) is 34.4 Å². The van der Waals surface area contributed by atoms with Crippen LogP contribution in [0.2, 0.25) is 0 Å². The molecule has 25 atom stereocenters. The Morgan fingerprint density at radius 3 is 2.02 bits per heavy atom. The Kier molecular flexibility index (Phi) is 37.0. The highest BCUT2D eigenvalue weighted by Crippen LogP contribution is 2.57. The number of alkyl carbamates (subject to hydrolysis) is 1. The number of nitrogen functional groups attached to an aromatic ring is 1. The summed E-state index contributed by atoms with van der Waals surface area (Å²) in [5.41, 5.74) is 15.3. The molecule has 0 saturated carbocycles. The summed E-state index contributed by atoms with van der Waals surface area (Å²) in [4.78, 5) is 201. The van der Waals surface area contributed by atoms with Crippen LogP contribution in [-0.2, 0) is 97.2 Å². The Morgan fingerprint density at radius 2 is 1.37 bits per heavy atom. The number of aliphatic imine (C=N–C) groups is 1. The number of aromatic amines is 1. The summed E-state index contributed by atoms with van der Waals surface area (Å²) in [6.07, 6.45) is -2.93. The average molecular weight is 1870 g/mol. The van der Waals surface area contributed by atoms with Gasteiger partial charge in [-0.1, -0.05) is 70.1 Å². The number of Topliss-reactive ketones (excluding diaryl/α,β-unsaturated/α-hetero) is 4. The smallest absolute Gasteiger partial charge is 0.407 e.